The summed E-state index contributed by atoms with van der Waals surface area (Å²) in [5.41, 5.74) is 7.40. The van der Waals surface area contributed by atoms with Crippen LogP contribution in [0.5, 0.6) is 11.6 Å². The Bertz CT molecular complexity index is 573. The Labute approximate surface area is 115 Å². The minimum absolute atomic E-state index is 0.434. The lowest BCUT2D eigenvalue weighted by Crippen LogP contribution is -1.99. The van der Waals surface area contributed by atoms with Gasteiger partial charge < -0.3 is 10.5 Å². The van der Waals surface area contributed by atoms with Gasteiger partial charge in [0.1, 0.15) is 5.75 Å². The van der Waals surface area contributed by atoms with Gasteiger partial charge in [0.2, 0.25) is 5.88 Å². The van der Waals surface area contributed by atoms with E-state index >= 15 is 0 Å². The molecule has 0 saturated carbocycles. The summed E-state index contributed by atoms with van der Waals surface area (Å²) in [5.74, 6) is 0.935. The molecule has 0 unspecified atom stereocenters. The van der Waals surface area contributed by atoms with Crippen molar-refractivity contribution in [1.82, 2.24) is 4.98 Å². The normalized spacial score (nSPS) is 10.4. The highest BCUT2D eigenvalue weighted by Crippen LogP contribution is 2.31. The second kappa shape index (κ2) is 5.57. The molecule has 0 atom stereocenters. The van der Waals surface area contributed by atoms with E-state index in [9.17, 15) is 0 Å². The van der Waals surface area contributed by atoms with Gasteiger partial charge in [-0.05, 0) is 30.7 Å². The first kappa shape index (κ1) is 13.1. The second-order valence-corrected chi connectivity index (χ2v) is 4.68. The summed E-state index contributed by atoms with van der Waals surface area (Å²) in [4.78, 5) is 4.27. The van der Waals surface area contributed by atoms with Crippen molar-refractivity contribution in [3.63, 3.8) is 0 Å². The van der Waals surface area contributed by atoms with Crippen LogP contribution in [0.4, 0.5) is 0 Å². The summed E-state index contributed by atoms with van der Waals surface area (Å²) < 4.78 is 5.63. The van der Waals surface area contributed by atoms with Crippen molar-refractivity contribution in [3.8, 4) is 11.6 Å². The maximum absolute atomic E-state index is 6.02. The maximum atomic E-state index is 6.02. The fraction of sp³-hybridized carbons (Fsp3) is 0.154. The molecule has 5 heteroatoms. The molecule has 1 aromatic carbocycles. The van der Waals surface area contributed by atoms with Crippen LogP contribution in [0.3, 0.4) is 0 Å². The minimum Gasteiger partial charge on any atom is -0.437 e. The summed E-state index contributed by atoms with van der Waals surface area (Å²) >= 11 is 11.9. The highest BCUT2D eigenvalue weighted by molar-refractivity contribution is 6.34. The van der Waals surface area contributed by atoms with E-state index in [0.717, 1.165) is 11.3 Å². The van der Waals surface area contributed by atoms with E-state index in [1.165, 1.54) is 0 Å². The summed E-state index contributed by atoms with van der Waals surface area (Å²) in [6.45, 7) is 2.31. The third-order valence-electron chi connectivity index (χ3n) is 2.33. The first-order valence-electron chi connectivity index (χ1n) is 5.39. The highest BCUT2D eigenvalue weighted by atomic mass is 35.5. The molecule has 2 aromatic rings. The van der Waals surface area contributed by atoms with Gasteiger partial charge in [0.05, 0.1) is 5.02 Å². The molecule has 3 nitrogen and oxygen atoms in total. The summed E-state index contributed by atoms with van der Waals surface area (Å²) in [5, 5.41) is 1.04. The van der Waals surface area contributed by atoms with Gasteiger partial charge in [-0.15, -0.1) is 0 Å². The zero-order chi connectivity index (χ0) is 13.1. The molecule has 0 aliphatic carbocycles. The zero-order valence-corrected chi connectivity index (χ0v) is 11.3. The van der Waals surface area contributed by atoms with E-state index in [1.807, 2.05) is 13.0 Å². The third-order valence-corrected chi connectivity index (χ3v) is 2.88. The number of benzene rings is 1. The predicted octanol–water partition coefficient (Wildman–Crippen LogP) is 3.95. The number of rotatable bonds is 3. The van der Waals surface area contributed by atoms with Crippen LogP contribution < -0.4 is 10.5 Å². The first-order valence-corrected chi connectivity index (χ1v) is 6.14. The average Bonchev–Trinajstić information content (AvgIpc) is 2.33. The van der Waals surface area contributed by atoms with Gasteiger partial charge in [0.25, 0.3) is 0 Å². The Morgan fingerprint density at radius 2 is 2.00 bits per heavy atom. The van der Waals surface area contributed by atoms with Gasteiger partial charge in [-0.3, -0.25) is 0 Å². The summed E-state index contributed by atoms with van der Waals surface area (Å²) in [7, 11) is 0. The number of nitrogens with zero attached hydrogens (tertiary/aromatic N) is 1. The topological polar surface area (TPSA) is 48.1 Å². The van der Waals surface area contributed by atoms with Crippen LogP contribution in [0.25, 0.3) is 0 Å². The number of nitrogens with two attached hydrogens (primary N) is 1. The van der Waals surface area contributed by atoms with Gasteiger partial charge in [0, 0.05) is 29.4 Å². The third kappa shape index (κ3) is 3.13. The van der Waals surface area contributed by atoms with Crippen molar-refractivity contribution in [3.05, 3.63) is 51.6 Å². The first-order chi connectivity index (χ1) is 8.58. The molecule has 0 saturated heterocycles. The molecule has 0 radical (unpaired) electrons. The van der Waals surface area contributed by atoms with Gasteiger partial charge in [-0.2, -0.15) is 0 Å². The number of halogens is 2. The van der Waals surface area contributed by atoms with Crippen molar-refractivity contribution in [2.24, 2.45) is 5.73 Å². The molecular weight excluding hydrogens is 271 g/mol. The van der Waals surface area contributed by atoms with Crippen LogP contribution in [0.2, 0.25) is 10.0 Å². The van der Waals surface area contributed by atoms with E-state index in [0.29, 0.717) is 28.2 Å². The van der Waals surface area contributed by atoms with E-state index in [2.05, 4.69) is 4.98 Å². The van der Waals surface area contributed by atoms with Crippen molar-refractivity contribution < 1.29 is 4.74 Å². The molecular formula is C13H12Cl2N2O. The molecule has 2 rings (SSSR count). The van der Waals surface area contributed by atoms with Crippen molar-refractivity contribution in [2.75, 3.05) is 0 Å². The summed E-state index contributed by atoms with van der Waals surface area (Å²) in [6.07, 6.45) is 0. The number of pyridine rings is 1. The fourth-order valence-corrected chi connectivity index (χ4v) is 1.86. The molecule has 0 bridgehead atoms. The number of ether oxygens (including phenoxy) is 1. The largest absolute Gasteiger partial charge is 0.437 e. The molecule has 1 aromatic heterocycles. The fourth-order valence-electron chi connectivity index (χ4n) is 1.55. The second-order valence-electron chi connectivity index (χ2n) is 3.84. The van der Waals surface area contributed by atoms with Gasteiger partial charge in [-0.25, -0.2) is 4.98 Å². The molecule has 2 N–H and O–H groups in total. The van der Waals surface area contributed by atoms with Crippen molar-refractivity contribution >= 4 is 23.2 Å². The molecule has 0 spiro atoms. The van der Waals surface area contributed by atoms with Crippen LogP contribution in [-0.4, -0.2) is 4.98 Å². The Hall–Kier alpha value is -1.29. The van der Waals surface area contributed by atoms with E-state index < -0.39 is 0 Å². The van der Waals surface area contributed by atoms with Gasteiger partial charge >= 0.3 is 0 Å². The lowest BCUT2D eigenvalue weighted by atomic mass is 10.2. The lowest BCUT2D eigenvalue weighted by Gasteiger charge is -2.09. The molecule has 1 heterocycles. The molecule has 0 amide bonds. The Morgan fingerprint density at radius 1 is 1.22 bits per heavy atom. The van der Waals surface area contributed by atoms with Gasteiger partial charge in [0.15, 0.2) is 0 Å². The van der Waals surface area contributed by atoms with Crippen LogP contribution >= 0.6 is 23.2 Å². The smallest absolute Gasteiger partial charge is 0.219 e. The van der Waals surface area contributed by atoms with Crippen LogP contribution in [0, 0.1) is 6.92 Å². The Morgan fingerprint density at radius 3 is 2.72 bits per heavy atom. The molecule has 0 aliphatic heterocycles. The Balaban J connectivity index is 2.33. The zero-order valence-electron chi connectivity index (χ0n) is 9.78. The monoisotopic (exact) mass is 282 g/mol. The van der Waals surface area contributed by atoms with Gasteiger partial charge in [-0.1, -0.05) is 23.2 Å². The number of aryl methyl sites for hydroxylation is 1. The van der Waals surface area contributed by atoms with Crippen LogP contribution in [0.15, 0.2) is 30.3 Å². The highest BCUT2D eigenvalue weighted by Gasteiger charge is 2.06. The summed E-state index contributed by atoms with van der Waals surface area (Å²) in [6, 6.07) is 8.72. The molecule has 94 valence electrons. The van der Waals surface area contributed by atoms with E-state index in [-0.39, 0.29) is 0 Å². The number of aromatic nitrogens is 1. The molecule has 0 fully saturated rings. The van der Waals surface area contributed by atoms with Crippen LogP contribution in [0.1, 0.15) is 11.3 Å². The number of hydrogen-bond donors (Lipinski definition) is 1. The SMILES string of the molecule is Cc1cc(CN)cc(Oc2cc(Cl)ccc2Cl)n1. The maximum Gasteiger partial charge on any atom is 0.219 e. The van der Waals surface area contributed by atoms with Crippen molar-refractivity contribution in [1.29, 1.82) is 0 Å². The standard InChI is InChI=1S/C13H12Cl2N2O/c1-8-4-9(7-16)5-13(17-8)18-12-6-10(14)2-3-11(12)15/h2-6H,7,16H2,1H3. The molecule has 0 aliphatic rings. The molecule has 18 heavy (non-hydrogen) atoms. The predicted molar refractivity (Wildman–Crippen MR) is 73.4 cm³/mol. The van der Waals surface area contributed by atoms with Crippen LogP contribution in [-0.2, 0) is 6.54 Å². The van der Waals surface area contributed by atoms with E-state index in [1.54, 1.807) is 24.3 Å². The van der Waals surface area contributed by atoms with Crippen molar-refractivity contribution in [2.45, 2.75) is 13.5 Å². The van der Waals surface area contributed by atoms with E-state index in [4.69, 9.17) is 33.7 Å². The quantitative estimate of drug-likeness (QED) is 0.927. The number of hydrogen-bond acceptors (Lipinski definition) is 3. The average molecular weight is 283 g/mol. The minimum atomic E-state index is 0.434. The lowest BCUT2D eigenvalue weighted by molar-refractivity contribution is 0.461. The Kier molecular flexibility index (Phi) is 4.07.